The molecule has 1 aliphatic heterocycles. The summed E-state index contributed by atoms with van der Waals surface area (Å²) in [4.78, 5) is 9.80. The van der Waals surface area contributed by atoms with Crippen molar-refractivity contribution in [3.63, 3.8) is 0 Å². The van der Waals surface area contributed by atoms with E-state index in [0.717, 1.165) is 83.5 Å². The number of rotatable bonds is 9. The van der Waals surface area contributed by atoms with E-state index in [0.29, 0.717) is 29.5 Å². The number of anilines is 4. The Morgan fingerprint density at radius 3 is 1.76 bits per heavy atom. The van der Waals surface area contributed by atoms with Gasteiger partial charge >= 0.3 is 0 Å². The van der Waals surface area contributed by atoms with Crippen molar-refractivity contribution in [3.8, 4) is 61.8 Å². The Kier molecular flexibility index (Phi) is 9.80. The third-order valence-electron chi connectivity index (χ3n) is 13.6. The topological polar surface area (TPSA) is 33.5 Å². The monoisotopic (exact) mass is 907 g/mol. The summed E-state index contributed by atoms with van der Waals surface area (Å²) >= 11 is 0. The lowest BCUT2D eigenvalue weighted by molar-refractivity contribution is 0.483. The van der Waals surface area contributed by atoms with Crippen molar-refractivity contribution in [1.29, 1.82) is 0 Å². The number of pyridine rings is 1. The third kappa shape index (κ3) is 7.76. The molecule has 5 heteroatoms. The van der Waals surface area contributed by atoms with Crippen LogP contribution in [0, 0.1) is 6.85 Å². The molecule has 0 saturated carbocycles. The highest BCUT2D eigenvalue weighted by Crippen LogP contribution is 2.50. The van der Waals surface area contributed by atoms with Gasteiger partial charge in [-0.25, -0.2) is 4.98 Å². The number of para-hydroxylation sites is 3. The van der Waals surface area contributed by atoms with Gasteiger partial charge in [-0.15, -0.1) is 0 Å². The summed E-state index contributed by atoms with van der Waals surface area (Å²) in [6.45, 7) is 4.95. The van der Waals surface area contributed by atoms with Gasteiger partial charge < -0.3 is 14.5 Å². The summed E-state index contributed by atoms with van der Waals surface area (Å²) in [5.41, 5.74) is 15.9. The van der Waals surface area contributed by atoms with Crippen LogP contribution in [0.5, 0.6) is 11.5 Å². The number of benzene rings is 9. The van der Waals surface area contributed by atoms with E-state index in [4.69, 9.17) is 13.8 Å². The molecule has 0 atom stereocenters. The molecule has 1 aliphatic rings. The molecule has 0 spiro atoms. The molecule has 0 bridgehead atoms. The zero-order valence-electron chi connectivity index (χ0n) is 42.3. The van der Waals surface area contributed by atoms with Crippen LogP contribution in [0.25, 0.3) is 72.1 Å². The minimum absolute atomic E-state index is 0.0422. The smallest absolute Gasteiger partial charge is 0.137 e. The van der Waals surface area contributed by atoms with Crippen molar-refractivity contribution >= 4 is 44.6 Å². The maximum atomic E-state index is 8.65. The van der Waals surface area contributed by atoms with E-state index in [1.54, 1.807) is 12.3 Å². The third-order valence-corrected chi connectivity index (χ3v) is 13.6. The average Bonchev–Trinajstić information content (AvgIpc) is 3.97. The number of nitrogens with zero attached hydrogens (tertiary/aromatic N) is 4. The lowest BCUT2D eigenvalue weighted by Crippen LogP contribution is -2.25. The first-order chi connectivity index (χ1) is 35.5. The minimum Gasteiger partial charge on any atom is -0.457 e. The Morgan fingerprint density at radius 2 is 1.07 bits per heavy atom. The summed E-state index contributed by atoms with van der Waals surface area (Å²) in [5, 5.41) is 2.01. The van der Waals surface area contributed by atoms with Gasteiger partial charge in [-0.1, -0.05) is 178 Å². The average molecular weight is 908 g/mol. The van der Waals surface area contributed by atoms with Crippen LogP contribution < -0.4 is 14.5 Å². The molecule has 0 saturated heterocycles. The maximum Gasteiger partial charge on any atom is 0.137 e. The normalized spacial score (nSPS) is 13.3. The van der Waals surface area contributed by atoms with Gasteiger partial charge in [0, 0.05) is 55.6 Å². The van der Waals surface area contributed by atoms with E-state index >= 15 is 0 Å². The van der Waals surface area contributed by atoms with E-state index in [1.165, 1.54) is 5.56 Å². The number of fused-ring (bicyclic) bond motifs is 4. The highest BCUT2D eigenvalue weighted by atomic mass is 16.5. The Bertz CT molecular complexity index is 3830. The van der Waals surface area contributed by atoms with Gasteiger partial charge in [-0.2, -0.15) is 0 Å². The van der Waals surface area contributed by atoms with Crippen molar-refractivity contribution in [1.82, 2.24) is 9.55 Å². The number of aromatic nitrogens is 2. The Morgan fingerprint density at radius 1 is 0.471 bits per heavy atom. The van der Waals surface area contributed by atoms with E-state index in [2.05, 4.69) is 181 Å². The van der Waals surface area contributed by atoms with E-state index < -0.39 is 6.85 Å². The Hall–Kier alpha value is -8.67. The van der Waals surface area contributed by atoms with Crippen LogP contribution in [0.4, 0.5) is 22.7 Å². The Labute approximate surface area is 414 Å². The van der Waals surface area contributed by atoms with Crippen LogP contribution in [0.15, 0.2) is 231 Å². The second-order valence-corrected chi connectivity index (χ2v) is 19.0. The van der Waals surface area contributed by atoms with Crippen molar-refractivity contribution < 1.29 is 8.85 Å². The van der Waals surface area contributed by atoms with E-state index in [9.17, 15) is 0 Å². The molecule has 0 radical (unpaired) electrons. The maximum absolute atomic E-state index is 8.65. The molecular weight excluding hydrogens is 853 g/mol. The molecule has 0 fully saturated rings. The first-order valence-electron chi connectivity index (χ1n) is 25.4. The summed E-state index contributed by atoms with van der Waals surface area (Å²) < 4.78 is 34.9. The second kappa shape index (κ2) is 17.4. The molecule has 0 unspecified atom stereocenters. The SMILES string of the molecule is [2H]C([2H])([2H])c1cc(-n2c3ccc(-c4ccccc4)cc3c3ccc(Oc4cccc(N5CN(c6c(-c7ccccc7)cccc6-c6ccc(C(C)(C)C)cc6)c6ccccc65)c4)cc32)ncc1-c1ccccc1. The summed E-state index contributed by atoms with van der Waals surface area (Å²) in [5.74, 6) is 1.83. The highest BCUT2D eigenvalue weighted by Gasteiger charge is 2.31. The quantitative estimate of drug-likeness (QED) is 0.144. The van der Waals surface area contributed by atoms with Gasteiger partial charge in [0.05, 0.1) is 28.1 Å². The molecule has 2 aromatic heterocycles. The molecule has 12 rings (SSSR count). The van der Waals surface area contributed by atoms with Crippen molar-refractivity contribution in [2.24, 2.45) is 0 Å². The molecule has 5 nitrogen and oxygen atoms in total. The molecule has 11 aromatic rings. The summed E-state index contributed by atoms with van der Waals surface area (Å²) in [7, 11) is 0. The zero-order valence-corrected chi connectivity index (χ0v) is 39.3. The zero-order chi connectivity index (χ0) is 49.8. The molecule has 0 aliphatic carbocycles. The molecule has 0 amide bonds. The molecule has 3 heterocycles. The van der Waals surface area contributed by atoms with Crippen molar-refractivity contribution in [2.75, 3.05) is 16.5 Å². The molecular formula is C65H52N4O. The van der Waals surface area contributed by atoms with Gasteiger partial charge in [0.2, 0.25) is 0 Å². The van der Waals surface area contributed by atoms with Gasteiger partial charge in [0.25, 0.3) is 0 Å². The van der Waals surface area contributed by atoms with Gasteiger partial charge in [-0.3, -0.25) is 4.57 Å². The van der Waals surface area contributed by atoms with Gasteiger partial charge in [0.1, 0.15) is 24.0 Å². The second-order valence-electron chi connectivity index (χ2n) is 19.0. The van der Waals surface area contributed by atoms with Gasteiger partial charge in [0.15, 0.2) is 0 Å². The largest absolute Gasteiger partial charge is 0.457 e. The van der Waals surface area contributed by atoms with Crippen LogP contribution in [-0.4, -0.2) is 16.2 Å². The predicted molar refractivity (Wildman–Crippen MR) is 292 cm³/mol. The number of ether oxygens (including phenoxy) is 1. The van der Waals surface area contributed by atoms with E-state index in [-0.39, 0.29) is 11.0 Å². The van der Waals surface area contributed by atoms with Crippen LogP contribution in [0.1, 0.15) is 36.0 Å². The fourth-order valence-electron chi connectivity index (χ4n) is 10.1. The fourth-order valence-corrected chi connectivity index (χ4v) is 10.1. The minimum atomic E-state index is -2.39. The van der Waals surface area contributed by atoms with Crippen LogP contribution in [-0.2, 0) is 5.41 Å². The lowest BCUT2D eigenvalue weighted by Gasteiger charge is -2.27. The Balaban J connectivity index is 0.938. The van der Waals surface area contributed by atoms with Crippen LogP contribution >= 0.6 is 0 Å². The van der Waals surface area contributed by atoms with Crippen LogP contribution in [0.3, 0.4) is 0 Å². The summed E-state index contributed by atoms with van der Waals surface area (Å²) in [6, 6.07) is 77.5. The lowest BCUT2D eigenvalue weighted by atomic mass is 9.86. The predicted octanol–water partition coefficient (Wildman–Crippen LogP) is 17.5. The molecule has 9 aromatic carbocycles. The van der Waals surface area contributed by atoms with Gasteiger partial charge in [-0.05, 0) is 106 Å². The van der Waals surface area contributed by atoms with Crippen molar-refractivity contribution in [3.05, 3.63) is 242 Å². The molecule has 0 N–H and O–H groups in total. The molecule has 70 heavy (non-hydrogen) atoms. The summed E-state index contributed by atoms with van der Waals surface area (Å²) in [6.07, 6.45) is 1.69. The fraction of sp³-hybridized carbons (Fsp3) is 0.0923. The first-order valence-corrected chi connectivity index (χ1v) is 23.9. The first kappa shape index (κ1) is 39.3. The van der Waals surface area contributed by atoms with E-state index in [1.807, 2.05) is 72.8 Å². The highest BCUT2D eigenvalue weighted by molar-refractivity contribution is 6.11. The molecule has 338 valence electrons. The standard InChI is InChI=1S/C65H52N4O/c1-44-38-63(66-42-58(44)47-22-12-7-13-23-47)69-59-37-32-49(45-18-8-5-9-19-45)39-57(59)56-36-35-53(41-62(56)69)70-52-25-16-24-51(40-52)67-43-68(61-29-15-14-28-60(61)67)64-54(46-20-10-6-11-21-46)26-17-27-55(64)48-30-33-50(34-31-48)65(2,3)4/h5-42H,43H2,1-4H3/i1D3. The number of hydrogen-bond acceptors (Lipinski definition) is 4. The number of aryl methyl sites for hydroxylation is 1. The number of hydrogen-bond donors (Lipinski definition) is 0. The van der Waals surface area contributed by atoms with Crippen molar-refractivity contribution in [2.45, 2.75) is 33.0 Å². The van der Waals surface area contributed by atoms with Crippen LogP contribution in [0.2, 0.25) is 0 Å².